The number of benzene rings is 1. The van der Waals surface area contributed by atoms with Gasteiger partial charge in [-0.25, -0.2) is 19.2 Å². The van der Waals surface area contributed by atoms with Gasteiger partial charge in [0.15, 0.2) is 5.82 Å². The van der Waals surface area contributed by atoms with Gasteiger partial charge < -0.3 is 4.74 Å². The van der Waals surface area contributed by atoms with E-state index < -0.39 is 11.8 Å². The van der Waals surface area contributed by atoms with Crippen molar-refractivity contribution in [3.8, 4) is 11.3 Å². The van der Waals surface area contributed by atoms with E-state index in [0.29, 0.717) is 22.3 Å². The van der Waals surface area contributed by atoms with Gasteiger partial charge in [0.1, 0.15) is 5.69 Å². The predicted molar refractivity (Wildman–Crippen MR) is 103 cm³/mol. The summed E-state index contributed by atoms with van der Waals surface area (Å²) in [4.78, 5) is 24.7. The zero-order valence-corrected chi connectivity index (χ0v) is 16.3. The Balaban J connectivity index is 2.32. The van der Waals surface area contributed by atoms with Crippen molar-refractivity contribution in [2.75, 3.05) is 6.61 Å². The number of rotatable bonds is 4. The summed E-state index contributed by atoms with van der Waals surface area (Å²) in [5.41, 5.74) is 3.23. The molecule has 0 radical (unpaired) electrons. The molecule has 0 atom stereocenters. The fourth-order valence-corrected chi connectivity index (χ4v) is 3.30. The zero-order chi connectivity index (χ0) is 19.7. The molecule has 1 aromatic carbocycles. The molecule has 5 nitrogen and oxygen atoms in total. The maximum Gasteiger partial charge on any atom is 0.340 e. The van der Waals surface area contributed by atoms with E-state index in [2.05, 4.69) is 15.0 Å². The van der Waals surface area contributed by atoms with Crippen LogP contribution in [0.3, 0.4) is 0 Å². The Bertz CT molecular complexity index is 1040. The highest BCUT2D eigenvalue weighted by Crippen LogP contribution is 2.33. The van der Waals surface area contributed by atoms with Crippen molar-refractivity contribution < 1.29 is 13.9 Å². The number of nitrogens with zero attached hydrogens (tertiary/aromatic N) is 3. The number of aryl methyl sites for hydroxylation is 1. The van der Waals surface area contributed by atoms with E-state index in [1.807, 2.05) is 13.8 Å². The van der Waals surface area contributed by atoms with Crippen LogP contribution in [-0.4, -0.2) is 27.5 Å². The topological polar surface area (TPSA) is 65.0 Å². The Hall–Kier alpha value is -2.60. The van der Waals surface area contributed by atoms with Gasteiger partial charge in [0.25, 0.3) is 0 Å². The van der Waals surface area contributed by atoms with Crippen LogP contribution in [0.25, 0.3) is 22.2 Å². The summed E-state index contributed by atoms with van der Waals surface area (Å²) in [6.45, 7) is 7.81. The molecule has 0 aliphatic rings. The monoisotopic (exact) mass is 387 g/mol. The Morgan fingerprint density at radius 3 is 2.70 bits per heavy atom. The first kappa shape index (κ1) is 19.2. The van der Waals surface area contributed by atoms with Gasteiger partial charge in [-0.2, -0.15) is 0 Å². The molecule has 0 fully saturated rings. The number of fused-ring (bicyclic) bond motifs is 1. The number of pyridine rings is 1. The second-order valence-electron chi connectivity index (χ2n) is 6.43. The minimum absolute atomic E-state index is 0.0303. The van der Waals surface area contributed by atoms with Crippen molar-refractivity contribution in [1.29, 1.82) is 0 Å². The molecular formula is C20H19ClFN3O2. The number of halogens is 2. The van der Waals surface area contributed by atoms with Gasteiger partial charge in [0.05, 0.1) is 29.6 Å². The van der Waals surface area contributed by atoms with Crippen LogP contribution in [-0.2, 0) is 4.74 Å². The van der Waals surface area contributed by atoms with E-state index in [4.69, 9.17) is 16.3 Å². The number of aromatic nitrogens is 3. The molecule has 2 aromatic heterocycles. The lowest BCUT2D eigenvalue weighted by Gasteiger charge is -2.18. The van der Waals surface area contributed by atoms with Crippen LogP contribution in [0.15, 0.2) is 24.4 Å². The van der Waals surface area contributed by atoms with Gasteiger partial charge in [-0.15, -0.1) is 0 Å². The molecule has 3 rings (SSSR count). The van der Waals surface area contributed by atoms with Gasteiger partial charge in [-0.05, 0) is 49.1 Å². The fourth-order valence-electron chi connectivity index (χ4n) is 3.17. The molecule has 0 aliphatic heterocycles. The minimum Gasteiger partial charge on any atom is -0.462 e. The van der Waals surface area contributed by atoms with Gasteiger partial charge in [-0.3, -0.25) is 4.98 Å². The lowest BCUT2D eigenvalue weighted by molar-refractivity contribution is 0.0523. The van der Waals surface area contributed by atoms with E-state index in [1.54, 1.807) is 32.0 Å². The lowest BCUT2D eigenvalue weighted by Crippen LogP contribution is -2.13. The molecule has 0 unspecified atom stereocenters. The third-order valence-electron chi connectivity index (χ3n) is 4.25. The van der Waals surface area contributed by atoms with Crippen LogP contribution >= 0.6 is 11.6 Å². The summed E-state index contributed by atoms with van der Waals surface area (Å²) in [6, 6.07) is 5.29. The number of hydrogen-bond acceptors (Lipinski definition) is 5. The van der Waals surface area contributed by atoms with Crippen LogP contribution in [0.1, 0.15) is 48.3 Å². The summed E-state index contributed by atoms with van der Waals surface area (Å²) < 4.78 is 19.4. The Kier molecular flexibility index (Phi) is 5.37. The molecule has 0 N–H and O–H groups in total. The van der Waals surface area contributed by atoms with E-state index >= 15 is 0 Å². The van der Waals surface area contributed by atoms with Crippen molar-refractivity contribution in [1.82, 2.24) is 15.0 Å². The molecule has 0 aliphatic carbocycles. The van der Waals surface area contributed by atoms with E-state index in [9.17, 15) is 9.18 Å². The predicted octanol–water partition coefficient (Wildman–Crippen LogP) is 5.09. The Morgan fingerprint density at radius 2 is 2.04 bits per heavy atom. The summed E-state index contributed by atoms with van der Waals surface area (Å²) >= 11 is 5.83. The SMILES string of the molecule is CCOC(=O)c1c(C)nc2ccc(-c3nc(Cl)ncc3F)cc2c1C(C)C. The number of hydrogen-bond donors (Lipinski definition) is 0. The van der Waals surface area contributed by atoms with E-state index in [1.165, 1.54) is 0 Å². The summed E-state index contributed by atoms with van der Waals surface area (Å²) in [6.07, 6.45) is 1.04. The molecule has 27 heavy (non-hydrogen) atoms. The normalized spacial score (nSPS) is 11.2. The van der Waals surface area contributed by atoms with Crippen molar-refractivity contribution in [3.05, 3.63) is 52.3 Å². The van der Waals surface area contributed by atoms with Gasteiger partial charge in [0, 0.05) is 10.9 Å². The van der Waals surface area contributed by atoms with E-state index in [0.717, 1.165) is 17.1 Å². The molecule has 0 bridgehead atoms. The maximum absolute atomic E-state index is 14.2. The number of carbonyl (C=O) groups is 1. The smallest absolute Gasteiger partial charge is 0.340 e. The highest BCUT2D eigenvalue weighted by molar-refractivity contribution is 6.28. The van der Waals surface area contributed by atoms with Gasteiger partial charge in [-0.1, -0.05) is 19.9 Å². The third-order valence-corrected chi connectivity index (χ3v) is 4.43. The highest BCUT2D eigenvalue weighted by Gasteiger charge is 2.23. The first-order valence-corrected chi connectivity index (χ1v) is 9.01. The van der Waals surface area contributed by atoms with Crippen molar-refractivity contribution >= 4 is 28.5 Å². The van der Waals surface area contributed by atoms with Crippen LogP contribution in [0.2, 0.25) is 5.28 Å². The largest absolute Gasteiger partial charge is 0.462 e. The molecule has 7 heteroatoms. The summed E-state index contributed by atoms with van der Waals surface area (Å²) in [7, 11) is 0. The Morgan fingerprint density at radius 1 is 1.30 bits per heavy atom. The molecule has 140 valence electrons. The second-order valence-corrected chi connectivity index (χ2v) is 6.77. The van der Waals surface area contributed by atoms with E-state index in [-0.39, 0.29) is 23.5 Å². The maximum atomic E-state index is 14.2. The van der Waals surface area contributed by atoms with Crippen LogP contribution in [0.5, 0.6) is 0 Å². The molecule has 0 spiro atoms. The van der Waals surface area contributed by atoms with Gasteiger partial charge in [0.2, 0.25) is 5.28 Å². The van der Waals surface area contributed by atoms with Gasteiger partial charge >= 0.3 is 5.97 Å². The number of ether oxygens (including phenoxy) is 1. The quantitative estimate of drug-likeness (QED) is 0.460. The molecule has 2 heterocycles. The molecule has 0 amide bonds. The lowest BCUT2D eigenvalue weighted by atomic mass is 9.91. The molecule has 0 saturated heterocycles. The number of carbonyl (C=O) groups excluding carboxylic acids is 1. The second kappa shape index (κ2) is 7.56. The fraction of sp³-hybridized carbons (Fsp3) is 0.300. The number of esters is 1. The van der Waals surface area contributed by atoms with Crippen molar-refractivity contribution in [3.63, 3.8) is 0 Å². The first-order chi connectivity index (χ1) is 12.8. The third kappa shape index (κ3) is 3.62. The minimum atomic E-state index is -0.574. The molecule has 3 aromatic rings. The molecule has 0 saturated carbocycles. The summed E-state index contributed by atoms with van der Waals surface area (Å²) in [5, 5.41) is 0.718. The zero-order valence-electron chi connectivity index (χ0n) is 15.5. The van der Waals surface area contributed by atoms with Crippen molar-refractivity contribution in [2.45, 2.75) is 33.6 Å². The van der Waals surface area contributed by atoms with Crippen LogP contribution in [0, 0.1) is 12.7 Å². The van der Waals surface area contributed by atoms with Crippen LogP contribution < -0.4 is 0 Å². The average molecular weight is 388 g/mol. The molecular weight excluding hydrogens is 369 g/mol. The highest BCUT2D eigenvalue weighted by atomic mass is 35.5. The summed E-state index contributed by atoms with van der Waals surface area (Å²) in [5.74, 6) is -0.951. The standard InChI is InChI=1S/C20H19ClFN3O2/c1-5-27-19(26)17-11(4)24-15-7-6-12(8-13(15)16(17)10(2)3)18-14(22)9-23-20(21)25-18/h6-10H,5H2,1-4H3. The van der Waals surface area contributed by atoms with Crippen molar-refractivity contribution in [2.24, 2.45) is 0 Å². The van der Waals surface area contributed by atoms with Crippen LogP contribution in [0.4, 0.5) is 4.39 Å². The first-order valence-electron chi connectivity index (χ1n) is 8.63. The Labute approximate surface area is 161 Å². The average Bonchev–Trinajstić information content (AvgIpc) is 2.62.